The minimum Gasteiger partial charge on any atom is -0.409 e. The van der Waals surface area contributed by atoms with Crippen LogP contribution in [0.15, 0.2) is 28.0 Å². The maximum atomic E-state index is 8.64. The summed E-state index contributed by atoms with van der Waals surface area (Å²) in [6, 6.07) is 3.93. The summed E-state index contributed by atoms with van der Waals surface area (Å²) in [7, 11) is 0. The van der Waals surface area contributed by atoms with Crippen molar-refractivity contribution < 1.29 is 9.94 Å². The van der Waals surface area contributed by atoms with Crippen LogP contribution >= 0.6 is 15.9 Å². The molecule has 18 heavy (non-hydrogen) atoms. The summed E-state index contributed by atoms with van der Waals surface area (Å²) in [6.45, 7) is 2.71. The molecular formula is C11H15BrN4O2. The standard InChI is InChI=1S/C11H15BrN4O2/c12-8-1-2-9(14-5-8)6-16-3-4-18-10(7-16)11(13)15-17/h1-2,5,10,17H,3-4,6-7H2,(H2,13,15). The SMILES string of the molecule is N/C(=N/O)C1CN(Cc2ccc(Br)cn2)CCO1. The van der Waals surface area contributed by atoms with Crippen LogP contribution in [0.3, 0.4) is 0 Å². The number of rotatable bonds is 3. The van der Waals surface area contributed by atoms with E-state index in [0.29, 0.717) is 13.2 Å². The first-order valence-electron chi connectivity index (χ1n) is 5.61. The number of pyridine rings is 1. The van der Waals surface area contributed by atoms with Crippen LogP contribution in [0.25, 0.3) is 0 Å². The zero-order valence-electron chi connectivity index (χ0n) is 9.79. The predicted molar refractivity (Wildman–Crippen MR) is 70.4 cm³/mol. The summed E-state index contributed by atoms with van der Waals surface area (Å²) >= 11 is 3.35. The highest BCUT2D eigenvalue weighted by Crippen LogP contribution is 2.12. The fourth-order valence-electron chi connectivity index (χ4n) is 1.82. The molecule has 0 amide bonds. The van der Waals surface area contributed by atoms with Gasteiger partial charge in [-0.15, -0.1) is 0 Å². The molecule has 1 aliphatic rings. The zero-order chi connectivity index (χ0) is 13.0. The molecule has 0 saturated carbocycles. The molecule has 1 atom stereocenters. The Morgan fingerprint density at radius 2 is 2.50 bits per heavy atom. The first-order chi connectivity index (χ1) is 8.69. The molecule has 2 heterocycles. The molecule has 1 aromatic heterocycles. The first-order valence-corrected chi connectivity index (χ1v) is 6.40. The Morgan fingerprint density at radius 1 is 1.67 bits per heavy atom. The number of aromatic nitrogens is 1. The van der Waals surface area contributed by atoms with E-state index in [9.17, 15) is 0 Å². The van der Waals surface area contributed by atoms with E-state index in [-0.39, 0.29) is 11.9 Å². The van der Waals surface area contributed by atoms with Gasteiger partial charge in [-0.3, -0.25) is 9.88 Å². The highest BCUT2D eigenvalue weighted by atomic mass is 79.9. The third kappa shape index (κ3) is 3.41. The number of hydrogen-bond donors (Lipinski definition) is 2. The van der Waals surface area contributed by atoms with Gasteiger partial charge in [-0.25, -0.2) is 0 Å². The predicted octanol–water partition coefficient (Wildman–Crippen LogP) is 0.791. The van der Waals surface area contributed by atoms with Gasteiger partial charge >= 0.3 is 0 Å². The molecule has 3 N–H and O–H groups in total. The molecule has 1 fully saturated rings. The van der Waals surface area contributed by atoms with E-state index >= 15 is 0 Å². The smallest absolute Gasteiger partial charge is 0.169 e. The summed E-state index contributed by atoms with van der Waals surface area (Å²) < 4.78 is 6.39. The van der Waals surface area contributed by atoms with Crippen LogP contribution in [-0.2, 0) is 11.3 Å². The number of morpholine rings is 1. The van der Waals surface area contributed by atoms with E-state index in [4.69, 9.17) is 15.7 Å². The molecular weight excluding hydrogens is 300 g/mol. The van der Waals surface area contributed by atoms with Gasteiger partial charge in [0.2, 0.25) is 0 Å². The maximum absolute atomic E-state index is 8.64. The fraction of sp³-hybridized carbons (Fsp3) is 0.455. The Labute approximate surface area is 114 Å². The molecule has 6 nitrogen and oxygen atoms in total. The van der Waals surface area contributed by atoms with Gasteiger partial charge in [0.1, 0.15) is 6.10 Å². The number of halogens is 1. The highest BCUT2D eigenvalue weighted by Gasteiger charge is 2.24. The Hall–Kier alpha value is -1.18. The van der Waals surface area contributed by atoms with E-state index in [2.05, 4.69) is 31.0 Å². The number of nitrogens with two attached hydrogens (primary N) is 1. The lowest BCUT2D eigenvalue weighted by atomic mass is 10.2. The van der Waals surface area contributed by atoms with E-state index in [1.54, 1.807) is 6.20 Å². The summed E-state index contributed by atoms with van der Waals surface area (Å²) in [5, 5.41) is 11.6. The van der Waals surface area contributed by atoms with Gasteiger partial charge in [-0.1, -0.05) is 5.16 Å². The molecule has 2 rings (SSSR count). The lowest BCUT2D eigenvalue weighted by Gasteiger charge is -2.31. The summed E-state index contributed by atoms with van der Waals surface area (Å²) in [4.78, 5) is 6.49. The monoisotopic (exact) mass is 314 g/mol. The van der Waals surface area contributed by atoms with E-state index in [1.165, 1.54) is 0 Å². The van der Waals surface area contributed by atoms with Crippen molar-refractivity contribution in [2.24, 2.45) is 10.9 Å². The molecule has 0 aromatic carbocycles. The minimum atomic E-state index is -0.348. The Kier molecular flexibility index (Phi) is 4.51. The molecule has 1 saturated heterocycles. The molecule has 1 aliphatic heterocycles. The highest BCUT2D eigenvalue weighted by molar-refractivity contribution is 9.10. The Balaban J connectivity index is 1.95. The van der Waals surface area contributed by atoms with E-state index in [1.807, 2.05) is 12.1 Å². The number of ether oxygens (including phenoxy) is 1. The van der Waals surface area contributed by atoms with Gasteiger partial charge in [-0.05, 0) is 28.1 Å². The molecule has 7 heteroatoms. The molecule has 0 aliphatic carbocycles. The van der Waals surface area contributed by atoms with Crippen LogP contribution in [0.4, 0.5) is 0 Å². The van der Waals surface area contributed by atoms with Crippen molar-refractivity contribution in [3.05, 3.63) is 28.5 Å². The summed E-state index contributed by atoms with van der Waals surface area (Å²) in [5.74, 6) is 0.114. The largest absolute Gasteiger partial charge is 0.409 e. The van der Waals surface area contributed by atoms with E-state index in [0.717, 1.165) is 23.3 Å². The Morgan fingerprint density at radius 3 is 3.17 bits per heavy atom. The van der Waals surface area contributed by atoms with Gasteiger partial charge < -0.3 is 15.7 Å². The van der Waals surface area contributed by atoms with Crippen molar-refractivity contribution in [1.82, 2.24) is 9.88 Å². The number of amidine groups is 1. The lowest BCUT2D eigenvalue weighted by Crippen LogP contribution is -2.48. The van der Waals surface area contributed by atoms with Gasteiger partial charge in [0.25, 0.3) is 0 Å². The molecule has 0 spiro atoms. The van der Waals surface area contributed by atoms with Crippen molar-refractivity contribution in [3.63, 3.8) is 0 Å². The summed E-state index contributed by atoms with van der Waals surface area (Å²) in [5.41, 5.74) is 6.53. The minimum absolute atomic E-state index is 0.114. The van der Waals surface area contributed by atoms with Crippen molar-refractivity contribution in [1.29, 1.82) is 0 Å². The third-order valence-corrected chi connectivity index (χ3v) is 3.24. The lowest BCUT2D eigenvalue weighted by molar-refractivity contribution is 0.000975. The normalized spacial score (nSPS) is 22.1. The number of oxime groups is 1. The van der Waals surface area contributed by atoms with Crippen LogP contribution in [-0.4, -0.2) is 46.7 Å². The van der Waals surface area contributed by atoms with Gasteiger partial charge in [0.15, 0.2) is 5.84 Å². The molecule has 0 bridgehead atoms. The summed E-state index contributed by atoms with van der Waals surface area (Å²) in [6.07, 6.45) is 1.43. The van der Waals surface area contributed by atoms with Crippen molar-refractivity contribution >= 4 is 21.8 Å². The number of nitrogens with zero attached hydrogens (tertiary/aromatic N) is 3. The Bertz CT molecular complexity index is 424. The molecule has 0 radical (unpaired) electrons. The van der Waals surface area contributed by atoms with E-state index < -0.39 is 0 Å². The van der Waals surface area contributed by atoms with Crippen LogP contribution in [0.5, 0.6) is 0 Å². The van der Waals surface area contributed by atoms with Crippen molar-refractivity contribution in [3.8, 4) is 0 Å². The average Bonchev–Trinajstić information content (AvgIpc) is 2.41. The second-order valence-corrected chi connectivity index (χ2v) is 5.00. The first kappa shape index (κ1) is 13.3. The maximum Gasteiger partial charge on any atom is 0.169 e. The topological polar surface area (TPSA) is 84.0 Å². The second-order valence-electron chi connectivity index (χ2n) is 4.09. The average molecular weight is 315 g/mol. The van der Waals surface area contributed by atoms with Gasteiger partial charge in [-0.2, -0.15) is 0 Å². The van der Waals surface area contributed by atoms with Gasteiger partial charge in [0.05, 0.1) is 12.3 Å². The van der Waals surface area contributed by atoms with Crippen LogP contribution in [0.2, 0.25) is 0 Å². The molecule has 1 aromatic rings. The zero-order valence-corrected chi connectivity index (χ0v) is 11.4. The van der Waals surface area contributed by atoms with Crippen LogP contribution in [0.1, 0.15) is 5.69 Å². The van der Waals surface area contributed by atoms with Crippen molar-refractivity contribution in [2.45, 2.75) is 12.6 Å². The van der Waals surface area contributed by atoms with Crippen LogP contribution < -0.4 is 5.73 Å². The molecule has 1 unspecified atom stereocenters. The van der Waals surface area contributed by atoms with Crippen LogP contribution in [0, 0.1) is 0 Å². The second kappa shape index (κ2) is 6.12. The number of hydrogen-bond acceptors (Lipinski definition) is 5. The van der Waals surface area contributed by atoms with Crippen molar-refractivity contribution in [2.75, 3.05) is 19.7 Å². The quantitative estimate of drug-likeness (QED) is 0.373. The molecule has 98 valence electrons. The third-order valence-electron chi connectivity index (χ3n) is 2.77. The van der Waals surface area contributed by atoms with Gasteiger partial charge in [0, 0.05) is 30.3 Å². The fourth-order valence-corrected chi connectivity index (χ4v) is 2.05.